The number of aryl methyl sites for hydroxylation is 1. The Kier molecular flexibility index (Phi) is 2.74. The van der Waals surface area contributed by atoms with Crippen molar-refractivity contribution in [1.29, 1.82) is 0 Å². The van der Waals surface area contributed by atoms with Crippen molar-refractivity contribution in [2.75, 3.05) is 0 Å². The predicted molar refractivity (Wildman–Crippen MR) is 58.1 cm³/mol. The molecule has 1 aromatic heterocycles. The number of benzene rings is 1. The number of aliphatic hydroxyl groups is 1. The summed E-state index contributed by atoms with van der Waals surface area (Å²) >= 11 is 0. The van der Waals surface area contributed by atoms with Gasteiger partial charge in [0.05, 0.1) is 12.3 Å². The lowest BCUT2D eigenvalue weighted by Gasteiger charge is -2.07. The summed E-state index contributed by atoms with van der Waals surface area (Å²) in [6, 6.07) is 9.81. The van der Waals surface area contributed by atoms with Gasteiger partial charge >= 0.3 is 0 Å². The quantitative estimate of drug-likeness (QED) is 0.805. The number of hydrogen-bond donors (Lipinski definition) is 1. The van der Waals surface area contributed by atoms with Crippen LogP contribution in [-0.4, -0.2) is 15.1 Å². The van der Waals surface area contributed by atoms with Gasteiger partial charge in [0.1, 0.15) is 6.33 Å². The first-order valence-electron chi connectivity index (χ1n) is 4.79. The Morgan fingerprint density at radius 2 is 1.87 bits per heavy atom. The van der Waals surface area contributed by atoms with Crippen LogP contribution in [0.15, 0.2) is 36.7 Å². The van der Waals surface area contributed by atoms with E-state index in [1.165, 1.54) is 6.33 Å². The molecule has 0 aliphatic rings. The zero-order chi connectivity index (χ0) is 10.7. The molecule has 0 saturated carbocycles. The summed E-state index contributed by atoms with van der Waals surface area (Å²) in [5.74, 6) is 0. The highest BCUT2D eigenvalue weighted by Gasteiger charge is 2.08. The summed E-state index contributed by atoms with van der Waals surface area (Å²) < 4.78 is 0. The van der Waals surface area contributed by atoms with Crippen LogP contribution in [0.4, 0.5) is 0 Å². The molecule has 1 N–H and O–H groups in total. The van der Waals surface area contributed by atoms with E-state index in [9.17, 15) is 5.11 Å². The summed E-state index contributed by atoms with van der Waals surface area (Å²) in [5, 5.41) is 9.28. The molecule has 0 aliphatic heterocycles. The summed E-state index contributed by atoms with van der Waals surface area (Å²) in [5.41, 5.74) is 3.44. The number of rotatable bonds is 2. The van der Waals surface area contributed by atoms with E-state index < -0.39 is 0 Å². The largest absolute Gasteiger partial charge is 0.392 e. The Labute approximate surface area is 88.5 Å². The molecule has 0 unspecified atom stereocenters. The maximum Gasteiger partial charge on any atom is 0.116 e. The van der Waals surface area contributed by atoms with E-state index in [2.05, 4.69) is 9.97 Å². The van der Waals surface area contributed by atoms with Crippen molar-refractivity contribution in [3.63, 3.8) is 0 Å². The topological polar surface area (TPSA) is 46.0 Å². The Bertz CT molecular complexity index is 454. The molecule has 0 atom stereocenters. The van der Waals surface area contributed by atoms with Crippen molar-refractivity contribution in [2.45, 2.75) is 13.5 Å². The zero-order valence-electron chi connectivity index (χ0n) is 8.51. The van der Waals surface area contributed by atoms with E-state index in [4.69, 9.17) is 0 Å². The van der Waals surface area contributed by atoms with Crippen LogP contribution in [0.2, 0.25) is 0 Å². The third-order valence-electron chi connectivity index (χ3n) is 2.37. The molecule has 2 aromatic rings. The van der Waals surface area contributed by atoms with Crippen LogP contribution in [0, 0.1) is 6.92 Å². The highest BCUT2D eigenvalue weighted by Crippen LogP contribution is 2.21. The van der Waals surface area contributed by atoms with Crippen molar-refractivity contribution in [1.82, 2.24) is 9.97 Å². The first-order chi connectivity index (χ1) is 7.33. The first kappa shape index (κ1) is 9.80. The highest BCUT2D eigenvalue weighted by atomic mass is 16.3. The summed E-state index contributed by atoms with van der Waals surface area (Å²) in [7, 11) is 0. The van der Waals surface area contributed by atoms with Crippen molar-refractivity contribution in [3.05, 3.63) is 47.9 Å². The third kappa shape index (κ3) is 1.87. The second-order valence-corrected chi connectivity index (χ2v) is 3.31. The predicted octanol–water partition coefficient (Wildman–Crippen LogP) is 1.94. The minimum Gasteiger partial charge on any atom is -0.392 e. The highest BCUT2D eigenvalue weighted by molar-refractivity contribution is 5.63. The van der Waals surface area contributed by atoms with Gasteiger partial charge in [-0.05, 0) is 6.92 Å². The van der Waals surface area contributed by atoms with Crippen LogP contribution < -0.4 is 0 Å². The van der Waals surface area contributed by atoms with Gasteiger partial charge in [-0.3, -0.25) is 0 Å². The number of aromatic nitrogens is 2. The van der Waals surface area contributed by atoms with Gasteiger partial charge in [0, 0.05) is 16.8 Å². The third-order valence-corrected chi connectivity index (χ3v) is 2.37. The normalized spacial score (nSPS) is 10.3. The minimum absolute atomic E-state index is 0.0309. The van der Waals surface area contributed by atoms with E-state index >= 15 is 0 Å². The smallest absolute Gasteiger partial charge is 0.116 e. The Balaban J connectivity index is 2.58. The molecule has 0 spiro atoms. The van der Waals surface area contributed by atoms with E-state index in [0.717, 1.165) is 22.5 Å². The summed E-state index contributed by atoms with van der Waals surface area (Å²) in [6.45, 7) is 1.84. The van der Waals surface area contributed by atoms with Gasteiger partial charge < -0.3 is 5.11 Å². The van der Waals surface area contributed by atoms with E-state index in [1.807, 2.05) is 37.3 Å². The van der Waals surface area contributed by atoms with E-state index in [0.29, 0.717) is 0 Å². The molecule has 76 valence electrons. The Morgan fingerprint density at radius 3 is 2.53 bits per heavy atom. The van der Waals surface area contributed by atoms with Gasteiger partial charge in [0.25, 0.3) is 0 Å². The Morgan fingerprint density at radius 1 is 1.13 bits per heavy atom. The second-order valence-electron chi connectivity index (χ2n) is 3.31. The zero-order valence-corrected chi connectivity index (χ0v) is 8.51. The van der Waals surface area contributed by atoms with E-state index in [1.54, 1.807) is 0 Å². The summed E-state index contributed by atoms with van der Waals surface area (Å²) in [4.78, 5) is 8.27. The SMILES string of the molecule is Cc1ncnc(-c2ccccc2)c1CO. The standard InChI is InChI=1S/C12H12N2O/c1-9-11(7-15)12(14-8-13-9)10-5-3-2-4-6-10/h2-6,8,15H,7H2,1H3. The van der Waals surface area contributed by atoms with Crippen molar-refractivity contribution in [2.24, 2.45) is 0 Å². The van der Waals surface area contributed by atoms with Crippen LogP contribution in [0.5, 0.6) is 0 Å². The first-order valence-corrected chi connectivity index (χ1v) is 4.79. The average molecular weight is 200 g/mol. The van der Waals surface area contributed by atoms with Crippen LogP contribution in [0.1, 0.15) is 11.3 Å². The molecule has 0 aliphatic carbocycles. The van der Waals surface area contributed by atoms with Gasteiger partial charge in [-0.1, -0.05) is 30.3 Å². The molecule has 0 bridgehead atoms. The maximum atomic E-state index is 9.28. The average Bonchev–Trinajstić information content (AvgIpc) is 2.30. The van der Waals surface area contributed by atoms with Crippen LogP contribution in [0.25, 0.3) is 11.3 Å². The molecule has 15 heavy (non-hydrogen) atoms. The summed E-state index contributed by atoms with van der Waals surface area (Å²) in [6.07, 6.45) is 1.52. The molecule has 1 heterocycles. The van der Waals surface area contributed by atoms with Crippen molar-refractivity contribution < 1.29 is 5.11 Å². The fraction of sp³-hybridized carbons (Fsp3) is 0.167. The van der Waals surface area contributed by atoms with Gasteiger partial charge in [-0.25, -0.2) is 9.97 Å². The molecule has 0 fully saturated rings. The van der Waals surface area contributed by atoms with Gasteiger partial charge in [0.2, 0.25) is 0 Å². The van der Waals surface area contributed by atoms with Gasteiger partial charge in [0.15, 0.2) is 0 Å². The fourth-order valence-electron chi connectivity index (χ4n) is 1.53. The molecular formula is C12H12N2O. The lowest BCUT2D eigenvalue weighted by atomic mass is 10.1. The number of hydrogen-bond acceptors (Lipinski definition) is 3. The molecule has 1 aromatic carbocycles. The van der Waals surface area contributed by atoms with Crippen molar-refractivity contribution >= 4 is 0 Å². The van der Waals surface area contributed by atoms with Crippen LogP contribution in [0.3, 0.4) is 0 Å². The number of nitrogens with zero attached hydrogens (tertiary/aromatic N) is 2. The van der Waals surface area contributed by atoms with Gasteiger partial charge in [-0.2, -0.15) is 0 Å². The fourth-order valence-corrected chi connectivity index (χ4v) is 1.53. The second kappa shape index (κ2) is 4.19. The van der Waals surface area contributed by atoms with E-state index in [-0.39, 0.29) is 6.61 Å². The molecule has 3 nitrogen and oxygen atoms in total. The molecule has 0 radical (unpaired) electrons. The lowest BCUT2D eigenvalue weighted by molar-refractivity contribution is 0.280. The van der Waals surface area contributed by atoms with Crippen LogP contribution in [-0.2, 0) is 6.61 Å². The molecular weight excluding hydrogens is 188 g/mol. The van der Waals surface area contributed by atoms with Crippen LogP contribution >= 0.6 is 0 Å². The molecule has 2 rings (SSSR count). The lowest BCUT2D eigenvalue weighted by Crippen LogP contribution is -1.98. The van der Waals surface area contributed by atoms with Gasteiger partial charge in [-0.15, -0.1) is 0 Å². The monoisotopic (exact) mass is 200 g/mol. The molecule has 0 saturated heterocycles. The number of aliphatic hydroxyl groups excluding tert-OH is 1. The molecule has 0 amide bonds. The van der Waals surface area contributed by atoms with Crippen molar-refractivity contribution in [3.8, 4) is 11.3 Å². The minimum atomic E-state index is -0.0309. The maximum absolute atomic E-state index is 9.28. The Hall–Kier alpha value is -1.74. The molecule has 3 heteroatoms.